The molecule has 0 saturated carbocycles. The van der Waals surface area contributed by atoms with Gasteiger partial charge < -0.3 is 19.3 Å². The Kier molecular flexibility index (Phi) is 8.60. The number of benzene rings is 2. The smallest absolute Gasteiger partial charge is 0.410 e. The van der Waals surface area contributed by atoms with E-state index in [-0.39, 0.29) is 12.1 Å². The summed E-state index contributed by atoms with van der Waals surface area (Å²) in [6.45, 7) is 9.28. The van der Waals surface area contributed by atoms with Crippen LogP contribution in [-0.4, -0.2) is 54.2 Å². The number of hydrogen-bond acceptors (Lipinski definition) is 4. The molecular formula is C26H35BrN2O3. The van der Waals surface area contributed by atoms with Crippen molar-refractivity contribution in [1.82, 2.24) is 9.80 Å². The highest BCUT2D eigenvalue weighted by atomic mass is 79.9. The second-order valence-electron chi connectivity index (χ2n) is 9.45. The second-order valence-corrected chi connectivity index (χ2v) is 10.3. The van der Waals surface area contributed by atoms with Crippen LogP contribution in [0, 0.1) is 0 Å². The first-order chi connectivity index (χ1) is 15.2. The van der Waals surface area contributed by atoms with Crippen LogP contribution in [0.5, 0.6) is 5.75 Å². The Morgan fingerprint density at radius 1 is 1.09 bits per heavy atom. The second kappa shape index (κ2) is 11.2. The van der Waals surface area contributed by atoms with Gasteiger partial charge in [-0.1, -0.05) is 36.4 Å². The average Bonchev–Trinajstić information content (AvgIpc) is 2.76. The number of carbonyl (C=O) groups excluding carboxylic acids is 1. The Bertz CT molecular complexity index is 874. The quantitative estimate of drug-likeness (QED) is 0.472. The van der Waals surface area contributed by atoms with Crippen molar-refractivity contribution >= 4 is 22.0 Å². The van der Waals surface area contributed by atoms with E-state index in [4.69, 9.17) is 9.47 Å². The molecule has 0 unspecified atom stereocenters. The molecule has 0 radical (unpaired) electrons. The Hall–Kier alpha value is -2.05. The van der Waals surface area contributed by atoms with E-state index in [2.05, 4.69) is 45.1 Å². The minimum Gasteiger partial charge on any atom is -0.488 e. The lowest BCUT2D eigenvalue weighted by atomic mass is 10.0. The van der Waals surface area contributed by atoms with E-state index in [1.165, 1.54) is 5.56 Å². The molecule has 1 heterocycles. The van der Waals surface area contributed by atoms with Gasteiger partial charge >= 0.3 is 6.09 Å². The molecule has 0 spiro atoms. The predicted octanol–water partition coefficient (Wildman–Crippen LogP) is 5.90. The van der Waals surface area contributed by atoms with Gasteiger partial charge in [0.1, 0.15) is 18.0 Å². The van der Waals surface area contributed by atoms with Crippen LogP contribution in [0.2, 0.25) is 0 Å². The van der Waals surface area contributed by atoms with Crippen LogP contribution in [0.15, 0.2) is 53.0 Å². The third-order valence-corrected chi connectivity index (χ3v) is 6.36. The van der Waals surface area contributed by atoms with Crippen LogP contribution in [-0.2, 0) is 17.8 Å². The molecule has 1 amide bonds. The highest BCUT2D eigenvalue weighted by Crippen LogP contribution is 2.27. The third kappa shape index (κ3) is 7.52. The molecule has 1 aliphatic rings. The molecule has 0 aromatic heterocycles. The van der Waals surface area contributed by atoms with E-state index >= 15 is 0 Å². The van der Waals surface area contributed by atoms with Crippen LogP contribution in [0.25, 0.3) is 0 Å². The Balaban J connectivity index is 1.42. The van der Waals surface area contributed by atoms with Crippen molar-refractivity contribution in [3.8, 4) is 5.75 Å². The standard InChI is InChI=1S/C26H35BrN2O3/c1-26(2,3)32-25(30)28(4)22-13-16-29(17-14-22)15-12-20-10-11-24(23(27)18-20)31-19-21-8-6-5-7-9-21/h5-11,18,22H,12-17,19H2,1-4H3. The molecule has 6 heteroatoms. The normalized spacial score (nSPS) is 15.4. The molecule has 2 aromatic carbocycles. The molecule has 0 N–H and O–H groups in total. The molecule has 174 valence electrons. The fourth-order valence-corrected chi connectivity index (χ4v) is 4.39. The molecule has 1 fully saturated rings. The minimum atomic E-state index is -0.456. The van der Waals surface area contributed by atoms with E-state index in [0.29, 0.717) is 6.61 Å². The zero-order chi connectivity index (χ0) is 23.1. The summed E-state index contributed by atoms with van der Waals surface area (Å²) in [6.07, 6.45) is 2.72. The molecule has 2 aromatic rings. The van der Waals surface area contributed by atoms with E-state index in [1.807, 2.05) is 52.1 Å². The molecule has 0 aliphatic carbocycles. The molecule has 32 heavy (non-hydrogen) atoms. The van der Waals surface area contributed by atoms with Gasteiger partial charge in [-0.2, -0.15) is 0 Å². The number of likely N-dealkylation sites (tertiary alicyclic amines) is 1. The summed E-state index contributed by atoms with van der Waals surface area (Å²) >= 11 is 3.66. The zero-order valence-corrected chi connectivity index (χ0v) is 21.2. The predicted molar refractivity (Wildman–Crippen MR) is 132 cm³/mol. The largest absolute Gasteiger partial charge is 0.488 e. The molecule has 0 atom stereocenters. The van der Waals surface area contributed by atoms with Crippen molar-refractivity contribution in [2.24, 2.45) is 0 Å². The van der Waals surface area contributed by atoms with Crippen molar-refractivity contribution in [2.75, 3.05) is 26.7 Å². The van der Waals surface area contributed by atoms with Crippen LogP contribution in [0.3, 0.4) is 0 Å². The fourth-order valence-electron chi connectivity index (χ4n) is 3.85. The van der Waals surface area contributed by atoms with Gasteiger partial charge in [-0.3, -0.25) is 0 Å². The number of carbonyl (C=O) groups is 1. The molecule has 1 saturated heterocycles. The Morgan fingerprint density at radius 2 is 1.78 bits per heavy atom. The minimum absolute atomic E-state index is 0.227. The number of halogens is 1. The number of rotatable bonds is 7. The van der Waals surface area contributed by atoms with Crippen LogP contribution < -0.4 is 4.74 Å². The monoisotopic (exact) mass is 502 g/mol. The molecule has 5 nitrogen and oxygen atoms in total. The number of hydrogen-bond donors (Lipinski definition) is 0. The lowest BCUT2D eigenvalue weighted by Crippen LogP contribution is -2.47. The topological polar surface area (TPSA) is 42.0 Å². The fraction of sp³-hybridized carbons (Fsp3) is 0.500. The molecular weight excluding hydrogens is 468 g/mol. The number of amides is 1. The highest BCUT2D eigenvalue weighted by molar-refractivity contribution is 9.10. The lowest BCUT2D eigenvalue weighted by Gasteiger charge is -2.37. The number of piperidine rings is 1. The summed E-state index contributed by atoms with van der Waals surface area (Å²) in [5, 5.41) is 0. The van der Waals surface area contributed by atoms with Crippen molar-refractivity contribution < 1.29 is 14.3 Å². The van der Waals surface area contributed by atoms with Crippen LogP contribution >= 0.6 is 15.9 Å². The summed E-state index contributed by atoms with van der Waals surface area (Å²) in [7, 11) is 1.85. The van der Waals surface area contributed by atoms with Crippen molar-refractivity contribution in [2.45, 2.75) is 58.3 Å². The summed E-state index contributed by atoms with van der Waals surface area (Å²) < 4.78 is 12.5. The third-order valence-electron chi connectivity index (χ3n) is 5.74. The Labute approximate surface area is 200 Å². The van der Waals surface area contributed by atoms with Crippen molar-refractivity contribution in [3.05, 3.63) is 64.1 Å². The first-order valence-electron chi connectivity index (χ1n) is 11.3. The summed E-state index contributed by atoms with van der Waals surface area (Å²) in [5.74, 6) is 0.864. The van der Waals surface area contributed by atoms with E-state index in [0.717, 1.165) is 54.7 Å². The first-order valence-corrected chi connectivity index (χ1v) is 12.1. The van der Waals surface area contributed by atoms with E-state index in [9.17, 15) is 4.79 Å². The molecule has 1 aliphatic heterocycles. The van der Waals surface area contributed by atoms with Crippen molar-refractivity contribution in [3.63, 3.8) is 0 Å². The maximum atomic E-state index is 12.3. The van der Waals surface area contributed by atoms with E-state index in [1.54, 1.807) is 4.90 Å². The van der Waals surface area contributed by atoms with Gasteiger partial charge in [0.25, 0.3) is 0 Å². The highest BCUT2D eigenvalue weighted by Gasteiger charge is 2.28. The van der Waals surface area contributed by atoms with Crippen LogP contribution in [0.1, 0.15) is 44.7 Å². The maximum Gasteiger partial charge on any atom is 0.410 e. The maximum absolute atomic E-state index is 12.3. The lowest BCUT2D eigenvalue weighted by molar-refractivity contribution is 0.0153. The van der Waals surface area contributed by atoms with Crippen molar-refractivity contribution in [1.29, 1.82) is 0 Å². The van der Waals surface area contributed by atoms with Gasteiger partial charge in [-0.05, 0) is 79.2 Å². The summed E-state index contributed by atoms with van der Waals surface area (Å²) in [5.41, 5.74) is 1.99. The Morgan fingerprint density at radius 3 is 2.41 bits per heavy atom. The summed E-state index contributed by atoms with van der Waals surface area (Å²) in [4.78, 5) is 16.6. The van der Waals surface area contributed by atoms with Gasteiger partial charge in [-0.15, -0.1) is 0 Å². The number of ether oxygens (including phenoxy) is 2. The average molecular weight is 503 g/mol. The molecule has 0 bridgehead atoms. The SMILES string of the molecule is CN(C(=O)OC(C)(C)C)C1CCN(CCc2ccc(OCc3ccccc3)c(Br)c2)CC1. The number of nitrogens with zero attached hydrogens (tertiary/aromatic N) is 2. The van der Waals surface area contributed by atoms with Crippen LogP contribution in [0.4, 0.5) is 4.79 Å². The zero-order valence-electron chi connectivity index (χ0n) is 19.6. The van der Waals surface area contributed by atoms with Gasteiger partial charge in [0.15, 0.2) is 0 Å². The molecule has 3 rings (SSSR count). The van der Waals surface area contributed by atoms with Gasteiger partial charge in [0.2, 0.25) is 0 Å². The van der Waals surface area contributed by atoms with E-state index < -0.39 is 5.60 Å². The van der Waals surface area contributed by atoms with Gasteiger partial charge in [-0.25, -0.2) is 4.79 Å². The van der Waals surface area contributed by atoms with Gasteiger partial charge in [0, 0.05) is 32.7 Å². The van der Waals surface area contributed by atoms with Gasteiger partial charge in [0.05, 0.1) is 4.47 Å². The first kappa shape index (κ1) is 24.6. The summed E-state index contributed by atoms with van der Waals surface area (Å²) in [6, 6.07) is 16.8.